The van der Waals surface area contributed by atoms with E-state index < -0.39 is 26.6 Å². The van der Waals surface area contributed by atoms with Gasteiger partial charge in [0.15, 0.2) is 0 Å². The zero-order chi connectivity index (χ0) is 14.8. The fraction of sp³-hybridized carbons (Fsp3) is 0.538. The van der Waals surface area contributed by atoms with Crippen LogP contribution in [-0.4, -0.2) is 42.0 Å². The highest BCUT2D eigenvalue weighted by Gasteiger charge is 2.27. The predicted molar refractivity (Wildman–Crippen MR) is 76.8 cm³/mol. The first-order valence-corrected chi connectivity index (χ1v) is 9.62. The van der Waals surface area contributed by atoms with Crippen molar-refractivity contribution >= 4 is 20.8 Å². The summed E-state index contributed by atoms with van der Waals surface area (Å²) >= 11 is 0. The summed E-state index contributed by atoms with van der Waals surface area (Å²) in [7, 11) is -4.64. The maximum Gasteiger partial charge on any atom is 0.211 e. The Hall–Kier alpha value is -0.790. The number of benzene rings is 1. The first kappa shape index (κ1) is 15.6. The first-order valence-electron chi connectivity index (χ1n) is 6.46. The van der Waals surface area contributed by atoms with Gasteiger partial charge in [-0.1, -0.05) is 12.1 Å². The van der Waals surface area contributed by atoms with Gasteiger partial charge < -0.3 is 0 Å². The molecule has 1 heterocycles. The Morgan fingerprint density at radius 2 is 2.10 bits per heavy atom. The molecule has 0 aromatic heterocycles. The molecule has 20 heavy (non-hydrogen) atoms. The topological polar surface area (TPSA) is 54.5 Å². The molecule has 0 aliphatic carbocycles. The normalized spacial score (nSPS) is 22.6. The van der Waals surface area contributed by atoms with Gasteiger partial charge in [0.25, 0.3) is 0 Å². The van der Waals surface area contributed by atoms with Gasteiger partial charge >= 0.3 is 0 Å². The van der Waals surface area contributed by atoms with Gasteiger partial charge in [-0.25, -0.2) is 17.1 Å². The molecule has 0 amide bonds. The smallest absolute Gasteiger partial charge is 0.211 e. The monoisotopic (exact) mass is 319 g/mol. The zero-order valence-corrected chi connectivity index (χ0v) is 12.9. The number of hydrogen-bond acceptors (Lipinski definition) is 3. The van der Waals surface area contributed by atoms with E-state index >= 15 is 0 Å². The van der Waals surface area contributed by atoms with Crippen molar-refractivity contribution < 1.29 is 17.0 Å². The molecule has 2 rings (SSSR count). The molecule has 7 heteroatoms. The molecule has 0 N–H and O–H groups in total. The lowest BCUT2D eigenvalue weighted by molar-refractivity contribution is 0.285. The molecule has 0 saturated carbocycles. The predicted octanol–water partition coefficient (Wildman–Crippen LogP) is 1.60. The Morgan fingerprint density at radius 3 is 2.75 bits per heavy atom. The third-order valence-electron chi connectivity index (χ3n) is 3.42. The molecule has 2 atom stereocenters. The van der Waals surface area contributed by atoms with Crippen molar-refractivity contribution in [3.05, 3.63) is 30.1 Å². The highest BCUT2D eigenvalue weighted by molar-refractivity contribution is 7.88. The van der Waals surface area contributed by atoms with E-state index in [1.165, 1.54) is 22.7 Å². The minimum absolute atomic E-state index is 0.0129. The van der Waals surface area contributed by atoms with Crippen molar-refractivity contribution in [2.45, 2.75) is 17.7 Å². The van der Waals surface area contributed by atoms with Crippen LogP contribution in [0.5, 0.6) is 0 Å². The molecule has 112 valence electrons. The molecular weight excluding hydrogens is 301 g/mol. The minimum atomic E-state index is -3.21. The van der Waals surface area contributed by atoms with Gasteiger partial charge in [0.2, 0.25) is 10.0 Å². The summed E-state index contributed by atoms with van der Waals surface area (Å²) < 4.78 is 50.2. The lowest BCUT2D eigenvalue weighted by atomic mass is 10.0. The van der Waals surface area contributed by atoms with Crippen molar-refractivity contribution in [3.8, 4) is 0 Å². The highest BCUT2D eigenvalue weighted by Crippen LogP contribution is 2.22. The number of nitrogens with zero attached hydrogens (tertiary/aromatic N) is 1. The van der Waals surface area contributed by atoms with E-state index in [-0.39, 0.29) is 10.8 Å². The van der Waals surface area contributed by atoms with E-state index in [1.807, 2.05) is 0 Å². The standard InChI is InChI=1S/C13H18FNO3S2/c1-20(17,18)15-8-4-5-11(9-15)10-19(16)13-7-3-2-6-12(13)14/h2-3,6-7,11H,4-5,8-10H2,1H3. The maximum absolute atomic E-state index is 13.6. The summed E-state index contributed by atoms with van der Waals surface area (Å²) in [5, 5.41) is 0. The average molecular weight is 319 g/mol. The fourth-order valence-corrected chi connectivity index (χ4v) is 4.74. The second-order valence-corrected chi connectivity index (χ2v) is 8.52. The Balaban J connectivity index is 2.03. The van der Waals surface area contributed by atoms with E-state index in [1.54, 1.807) is 12.1 Å². The van der Waals surface area contributed by atoms with Crippen LogP contribution in [0.3, 0.4) is 0 Å². The van der Waals surface area contributed by atoms with E-state index in [2.05, 4.69) is 0 Å². The Morgan fingerprint density at radius 1 is 1.40 bits per heavy atom. The van der Waals surface area contributed by atoms with E-state index in [9.17, 15) is 17.0 Å². The van der Waals surface area contributed by atoms with Crippen molar-refractivity contribution in [3.63, 3.8) is 0 Å². The SMILES string of the molecule is CS(=O)(=O)N1CCCC(CS(=O)c2ccccc2F)C1. The van der Waals surface area contributed by atoms with Crippen molar-refractivity contribution in [2.75, 3.05) is 25.1 Å². The Kier molecular flexibility index (Phi) is 4.93. The quantitative estimate of drug-likeness (QED) is 0.847. The van der Waals surface area contributed by atoms with Gasteiger partial charge in [-0.05, 0) is 30.9 Å². The van der Waals surface area contributed by atoms with Crippen LogP contribution in [0.2, 0.25) is 0 Å². The van der Waals surface area contributed by atoms with Crippen LogP contribution in [0, 0.1) is 11.7 Å². The number of piperidine rings is 1. The van der Waals surface area contributed by atoms with E-state index in [0.717, 1.165) is 12.8 Å². The molecule has 0 radical (unpaired) electrons. The second-order valence-electron chi connectivity index (χ2n) is 5.07. The largest absolute Gasteiger partial charge is 0.254 e. The summed E-state index contributed by atoms with van der Waals surface area (Å²) in [4.78, 5) is 0.198. The van der Waals surface area contributed by atoms with Crippen molar-refractivity contribution in [2.24, 2.45) is 5.92 Å². The number of hydrogen-bond donors (Lipinski definition) is 0. The van der Waals surface area contributed by atoms with Crippen LogP contribution < -0.4 is 0 Å². The Bertz CT molecular complexity index is 603. The average Bonchev–Trinajstić information content (AvgIpc) is 2.38. The molecule has 1 aromatic rings. The lowest BCUT2D eigenvalue weighted by Gasteiger charge is -2.30. The number of halogens is 1. The van der Waals surface area contributed by atoms with Gasteiger partial charge in [-0.3, -0.25) is 4.21 Å². The van der Waals surface area contributed by atoms with Gasteiger partial charge in [0.05, 0.1) is 22.0 Å². The zero-order valence-electron chi connectivity index (χ0n) is 11.3. The summed E-state index contributed by atoms with van der Waals surface area (Å²) in [6.07, 6.45) is 2.77. The van der Waals surface area contributed by atoms with Crippen LogP contribution in [-0.2, 0) is 20.8 Å². The molecule has 4 nitrogen and oxygen atoms in total. The van der Waals surface area contributed by atoms with Crippen LogP contribution in [0.15, 0.2) is 29.2 Å². The summed E-state index contributed by atoms with van der Waals surface area (Å²) in [6, 6.07) is 6.02. The lowest BCUT2D eigenvalue weighted by Crippen LogP contribution is -2.40. The van der Waals surface area contributed by atoms with E-state index in [4.69, 9.17) is 0 Å². The molecular formula is C13H18FNO3S2. The van der Waals surface area contributed by atoms with Gasteiger partial charge in [-0.15, -0.1) is 0 Å². The summed E-state index contributed by atoms with van der Waals surface area (Å²) in [6.45, 7) is 0.890. The van der Waals surface area contributed by atoms with Crippen LogP contribution >= 0.6 is 0 Å². The summed E-state index contributed by atoms with van der Waals surface area (Å²) in [5.41, 5.74) is 0. The maximum atomic E-state index is 13.6. The highest BCUT2D eigenvalue weighted by atomic mass is 32.2. The molecule has 1 saturated heterocycles. The van der Waals surface area contributed by atoms with Gasteiger partial charge in [0.1, 0.15) is 5.82 Å². The van der Waals surface area contributed by atoms with Crippen LogP contribution in [0.4, 0.5) is 4.39 Å². The Labute approximate surface area is 121 Å². The third-order valence-corrected chi connectivity index (χ3v) is 6.29. The minimum Gasteiger partial charge on any atom is -0.254 e. The third kappa shape index (κ3) is 3.86. The summed E-state index contributed by atoms with van der Waals surface area (Å²) in [5.74, 6) is -0.159. The van der Waals surface area contributed by atoms with Crippen molar-refractivity contribution in [1.82, 2.24) is 4.31 Å². The fourth-order valence-electron chi connectivity index (χ4n) is 2.40. The first-order chi connectivity index (χ1) is 9.38. The van der Waals surface area contributed by atoms with Gasteiger partial charge in [-0.2, -0.15) is 0 Å². The van der Waals surface area contributed by atoms with Crippen molar-refractivity contribution in [1.29, 1.82) is 0 Å². The van der Waals surface area contributed by atoms with Crippen LogP contribution in [0.25, 0.3) is 0 Å². The molecule has 1 fully saturated rings. The molecule has 1 aliphatic heterocycles. The van der Waals surface area contributed by atoms with Gasteiger partial charge in [0, 0.05) is 18.8 Å². The molecule has 0 bridgehead atoms. The number of rotatable bonds is 4. The second kappa shape index (κ2) is 6.32. The molecule has 1 aromatic carbocycles. The number of sulfonamides is 1. The van der Waals surface area contributed by atoms with Crippen LogP contribution in [0.1, 0.15) is 12.8 Å². The molecule has 0 spiro atoms. The van der Waals surface area contributed by atoms with E-state index in [0.29, 0.717) is 18.8 Å². The molecule has 1 aliphatic rings. The molecule has 2 unspecified atom stereocenters.